The van der Waals surface area contributed by atoms with Crippen LogP contribution in [0.2, 0.25) is 0 Å². The molecule has 1 spiro atoms. The molecule has 24 heavy (non-hydrogen) atoms. The maximum absolute atomic E-state index is 11.3. The summed E-state index contributed by atoms with van der Waals surface area (Å²) in [6.45, 7) is 3.70. The fraction of sp³-hybridized carbons (Fsp3) is 0.421. The smallest absolute Gasteiger partial charge is 0.249 e. The van der Waals surface area contributed by atoms with Crippen molar-refractivity contribution in [1.29, 1.82) is 0 Å². The molecule has 4 rings (SSSR count). The number of nitrogens with zero attached hydrogens (tertiary/aromatic N) is 1. The molecule has 0 radical (unpaired) electrons. The normalized spacial score (nSPS) is 23.1. The highest BCUT2D eigenvalue weighted by Gasteiger charge is 2.53. The van der Waals surface area contributed by atoms with E-state index in [-0.39, 0.29) is 5.91 Å². The number of carbonyl (C=O) groups excluding carboxylic acids is 1. The van der Waals surface area contributed by atoms with Crippen molar-refractivity contribution in [1.82, 2.24) is 4.90 Å². The molecule has 2 aromatic rings. The highest BCUT2D eigenvalue weighted by atomic mass is 32.1. The number of benzene rings is 1. The molecule has 5 heteroatoms. The maximum atomic E-state index is 11.3. The Balaban J connectivity index is 1.57. The molecule has 1 aromatic carbocycles. The van der Waals surface area contributed by atoms with Crippen molar-refractivity contribution in [3.05, 3.63) is 57.8 Å². The zero-order chi connectivity index (χ0) is 16.6. The lowest BCUT2D eigenvalue weighted by atomic mass is 9.64. The maximum Gasteiger partial charge on any atom is 0.249 e. The van der Waals surface area contributed by atoms with Crippen molar-refractivity contribution < 1.29 is 9.53 Å². The first kappa shape index (κ1) is 15.8. The molecule has 2 fully saturated rings. The Labute approximate surface area is 146 Å². The van der Waals surface area contributed by atoms with Crippen LogP contribution >= 0.6 is 11.3 Å². The first-order valence-electron chi connectivity index (χ1n) is 8.42. The number of primary amides is 1. The largest absolute Gasteiger partial charge is 0.381 e. The third-order valence-corrected chi connectivity index (χ3v) is 6.29. The Bertz CT molecular complexity index is 722. The minimum Gasteiger partial charge on any atom is -0.381 e. The van der Waals surface area contributed by atoms with Gasteiger partial charge in [-0.2, -0.15) is 0 Å². The molecule has 0 bridgehead atoms. The summed E-state index contributed by atoms with van der Waals surface area (Å²) in [4.78, 5) is 15.0. The van der Waals surface area contributed by atoms with E-state index in [9.17, 15) is 4.79 Å². The first-order valence-corrected chi connectivity index (χ1v) is 9.30. The molecule has 3 heterocycles. The fourth-order valence-corrected chi connectivity index (χ4v) is 5.10. The second-order valence-corrected chi connectivity index (χ2v) is 7.85. The van der Waals surface area contributed by atoms with E-state index in [2.05, 4.69) is 35.2 Å². The van der Waals surface area contributed by atoms with Gasteiger partial charge >= 0.3 is 0 Å². The minimum atomic E-state index is -0.346. The fourth-order valence-electron chi connectivity index (χ4n) is 4.21. The average Bonchev–Trinajstić information content (AvgIpc) is 3.05. The quantitative estimate of drug-likeness (QED) is 0.928. The van der Waals surface area contributed by atoms with Crippen LogP contribution in [0.1, 0.15) is 39.7 Å². The van der Waals surface area contributed by atoms with E-state index < -0.39 is 0 Å². The van der Waals surface area contributed by atoms with E-state index in [0.29, 0.717) is 17.0 Å². The number of likely N-dealkylation sites (tertiary alicyclic amines) is 1. The van der Waals surface area contributed by atoms with E-state index in [1.165, 1.54) is 10.4 Å². The van der Waals surface area contributed by atoms with Gasteiger partial charge in [-0.3, -0.25) is 9.69 Å². The number of nitrogens with two attached hydrogens (primary N) is 1. The summed E-state index contributed by atoms with van der Waals surface area (Å²) in [5.41, 5.74) is 7.72. The molecular weight excluding hydrogens is 320 g/mol. The molecule has 0 aliphatic carbocycles. The van der Waals surface area contributed by atoms with Gasteiger partial charge in [0.15, 0.2) is 0 Å². The summed E-state index contributed by atoms with van der Waals surface area (Å²) in [6, 6.07) is 13.1. The van der Waals surface area contributed by atoms with Crippen molar-refractivity contribution >= 4 is 17.2 Å². The Morgan fingerprint density at radius 1 is 1.29 bits per heavy atom. The first-order chi connectivity index (χ1) is 11.7. The number of rotatable bonds is 4. The van der Waals surface area contributed by atoms with Gasteiger partial charge in [0.05, 0.1) is 5.56 Å². The second kappa shape index (κ2) is 6.31. The molecule has 2 saturated heterocycles. The van der Waals surface area contributed by atoms with Gasteiger partial charge in [-0.05, 0) is 24.5 Å². The number of thiophene rings is 1. The van der Waals surface area contributed by atoms with Crippen molar-refractivity contribution in [3.63, 3.8) is 0 Å². The Morgan fingerprint density at radius 2 is 2.04 bits per heavy atom. The van der Waals surface area contributed by atoms with E-state index in [1.807, 2.05) is 11.4 Å². The van der Waals surface area contributed by atoms with Gasteiger partial charge in [0.1, 0.15) is 0 Å². The number of hydrogen-bond acceptors (Lipinski definition) is 4. The summed E-state index contributed by atoms with van der Waals surface area (Å²) in [6.07, 6.45) is 2.25. The number of carbonyl (C=O) groups is 1. The van der Waals surface area contributed by atoms with E-state index in [1.54, 1.807) is 11.3 Å². The van der Waals surface area contributed by atoms with Gasteiger partial charge in [-0.15, -0.1) is 11.3 Å². The SMILES string of the molecule is NC(=O)c1csc(CN2CC3(CCOCC3)[C@H]2c2ccccc2)c1. The number of amides is 1. The highest BCUT2D eigenvalue weighted by Crippen LogP contribution is 2.55. The van der Waals surface area contributed by atoms with Crippen LogP contribution in [0.25, 0.3) is 0 Å². The lowest BCUT2D eigenvalue weighted by Gasteiger charge is -2.59. The van der Waals surface area contributed by atoms with Gasteiger partial charge < -0.3 is 10.5 Å². The lowest BCUT2D eigenvalue weighted by molar-refractivity contribution is -0.138. The summed E-state index contributed by atoms with van der Waals surface area (Å²) in [5.74, 6) is -0.346. The molecule has 1 atom stereocenters. The third-order valence-electron chi connectivity index (χ3n) is 5.36. The summed E-state index contributed by atoms with van der Waals surface area (Å²) in [7, 11) is 0. The molecule has 0 saturated carbocycles. The van der Waals surface area contributed by atoms with Crippen LogP contribution in [-0.4, -0.2) is 30.6 Å². The Morgan fingerprint density at radius 3 is 2.71 bits per heavy atom. The molecular formula is C19H22N2O2S. The molecule has 0 unspecified atom stereocenters. The van der Waals surface area contributed by atoms with Crippen molar-refractivity contribution in [2.45, 2.75) is 25.4 Å². The molecule has 4 nitrogen and oxygen atoms in total. The van der Waals surface area contributed by atoms with Crippen LogP contribution in [0.3, 0.4) is 0 Å². The predicted octanol–water partition coefficient (Wildman–Crippen LogP) is 3.20. The zero-order valence-electron chi connectivity index (χ0n) is 13.6. The standard InChI is InChI=1S/C19H22N2O2S/c20-18(22)15-10-16(24-12-15)11-21-13-19(6-8-23-9-7-19)17(21)14-4-2-1-3-5-14/h1-5,10,12,17H,6-9,11,13H2,(H2,20,22)/t17-/m1/s1. The van der Waals surface area contributed by atoms with Crippen LogP contribution < -0.4 is 5.73 Å². The predicted molar refractivity (Wildman–Crippen MR) is 94.9 cm³/mol. The van der Waals surface area contributed by atoms with Gasteiger partial charge in [0.25, 0.3) is 0 Å². The lowest BCUT2D eigenvalue weighted by Crippen LogP contribution is -2.59. The molecule has 2 N–H and O–H groups in total. The van der Waals surface area contributed by atoms with Crippen molar-refractivity contribution in [3.8, 4) is 0 Å². The van der Waals surface area contributed by atoms with Crippen LogP contribution in [0.5, 0.6) is 0 Å². The van der Waals surface area contributed by atoms with E-state index in [4.69, 9.17) is 10.5 Å². The van der Waals surface area contributed by atoms with Crippen LogP contribution in [0.4, 0.5) is 0 Å². The number of ether oxygens (including phenoxy) is 1. The van der Waals surface area contributed by atoms with Crippen molar-refractivity contribution in [2.24, 2.45) is 11.1 Å². The Hall–Kier alpha value is -1.69. The molecule has 2 aliphatic heterocycles. The minimum absolute atomic E-state index is 0.337. The van der Waals surface area contributed by atoms with E-state index >= 15 is 0 Å². The summed E-state index contributed by atoms with van der Waals surface area (Å²) in [5, 5.41) is 1.86. The zero-order valence-corrected chi connectivity index (χ0v) is 14.4. The van der Waals surface area contributed by atoms with Crippen molar-refractivity contribution in [2.75, 3.05) is 19.8 Å². The molecule has 1 amide bonds. The molecule has 126 valence electrons. The monoisotopic (exact) mass is 342 g/mol. The van der Waals surface area contributed by atoms with Gasteiger partial charge in [-0.1, -0.05) is 30.3 Å². The second-order valence-electron chi connectivity index (χ2n) is 6.86. The van der Waals surface area contributed by atoms with E-state index in [0.717, 1.165) is 39.1 Å². The van der Waals surface area contributed by atoms with Crippen LogP contribution in [0.15, 0.2) is 41.8 Å². The third kappa shape index (κ3) is 2.77. The summed E-state index contributed by atoms with van der Waals surface area (Å²) < 4.78 is 5.60. The van der Waals surface area contributed by atoms with Gasteiger partial charge in [-0.25, -0.2) is 0 Å². The summed E-state index contributed by atoms with van der Waals surface area (Å²) >= 11 is 1.62. The molecule has 2 aliphatic rings. The van der Waals surface area contributed by atoms with Crippen LogP contribution in [-0.2, 0) is 11.3 Å². The number of hydrogen-bond donors (Lipinski definition) is 1. The molecule has 1 aromatic heterocycles. The van der Waals surface area contributed by atoms with Gasteiger partial charge in [0, 0.05) is 48.0 Å². The topological polar surface area (TPSA) is 55.6 Å². The Kier molecular flexibility index (Phi) is 4.16. The van der Waals surface area contributed by atoms with Gasteiger partial charge in [0.2, 0.25) is 5.91 Å². The average molecular weight is 342 g/mol. The van der Waals surface area contributed by atoms with Crippen LogP contribution in [0, 0.1) is 5.41 Å². The highest BCUT2D eigenvalue weighted by molar-refractivity contribution is 7.10.